The highest BCUT2D eigenvalue weighted by Crippen LogP contribution is 2.28. The summed E-state index contributed by atoms with van der Waals surface area (Å²) in [6.45, 7) is 6.15. The van der Waals surface area contributed by atoms with Gasteiger partial charge >= 0.3 is 11.6 Å². The Bertz CT molecular complexity index is 1530. The number of fused-ring (bicyclic) bond motifs is 1. The summed E-state index contributed by atoms with van der Waals surface area (Å²) < 4.78 is 5.34. The Morgan fingerprint density at radius 3 is 2.22 bits per heavy atom. The summed E-state index contributed by atoms with van der Waals surface area (Å²) in [7, 11) is 0. The van der Waals surface area contributed by atoms with Crippen LogP contribution in [0.1, 0.15) is 36.1 Å². The first kappa shape index (κ1) is 31.2. The molecule has 1 unspecified atom stereocenters. The number of benzene rings is 2. The number of aliphatic carboxylic acids is 1. The highest BCUT2D eigenvalue weighted by molar-refractivity contribution is 6.30. The third kappa shape index (κ3) is 7.85. The number of rotatable bonds is 11. The fourth-order valence-corrected chi connectivity index (χ4v) is 4.39. The molecule has 0 saturated heterocycles. The molecule has 0 bridgehead atoms. The van der Waals surface area contributed by atoms with Gasteiger partial charge in [0.2, 0.25) is 17.7 Å². The number of carbonyl (C=O) groups excluding carboxylic acids is 3. The van der Waals surface area contributed by atoms with E-state index in [2.05, 4.69) is 16.0 Å². The third-order valence-corrected chi connectivity index (χ3v) is 6.94. The summed E-state index contributed by atoms with van der Waals surface area (Å²) in [5.74, 6) is -3.64. The Labute approximate surface area is 240 Å². The molecule has 2 aromatic carbocycles. The van der Waals surface area contributed by atoms with Gasteiger partial charge in [-0.3, -0.25) is 14.4 Å². The van der Waals surface area contributed by atoms with Crippen molar-refractivity contribution in [1.29, 1.82) is 0 Å². The molecule has 0 aliphatic carbocycles. The number of phenolic OH excluding ortho intramolecular Hbond substituents is 1. The Hall–Kier alpha value is -4.38. The molecule has 0 aliphatic heterocycles. The lowest BCUT2D eigenvalue weighted by Crippen LogP contribution is -2.55. The number of halogens is 1. The maximum Gasteiger partial charge on any atom is 0.340 e. The van der Waals surface area contributed by atoms with Gasteiger partial charge < -0.3 is 30.6 Å². The van der Waals surface area contributed by atoms with E-state index in [1.165, 1.54) is 6.07 Å². The van der Waals surface area contributed by atoms with Gasteiger partial charge in [-0.05, 0) is 55.2 Å². The number of nitrogens with one attached hydrogen (secondary N) is 3. The van der Waals surface area contributed by atoms with Crippen molar-refractivity contribution in [3.63, 3.8) is 0 Å². The van der Waals surface area contributed by atoms with E-state index in [1.54, 1.807) is 58.0 Å². The van der Waals surface area contributed by atoms with E-state index in [0.717, 1.165) is 0 Å². The number of carbonyl (C=O) groups is 4. The molecule has 5 N–H and O–H groups in total. The maximum atomic E-state index is 12.9. The molecule has 12 heteroatoms. The molecule has 0 spiro atoms. The molecule has 3 aromatic rings. The summed E-state index contributed by atoms with van der Waals surface area (Å²) in [5, 5.41) is 28.0. The molecular formula is C29H32ClN3O8. The molecule has 11 nitrogen and oxygen atoms in total. The van der Waals surface area contributed by atoms with Crippen molar-refractivity contribution in [2.45, 2.75) is 52.6 Å². The van der Waals surface area contributed by atoms with Crippen molar-refractivity contribution in [2.75, 3.05) is 6.54 Å². The quantitative estimate of drug-likeness (QED) is 0.213. The first-order valence-corrected chi connectivity index (χ1v) is 13.2. The number of hydrogen-bond acceptors (Lipinski definition) is 7. The number of aryl methyl sites for hydroxylation is 2. The largest absolute Gasteiger partial charge is 0.508 e. The normalized spacial score (nSPS) is 12.5. The summed E-state index contributed by atoms with van der Waals surface area (Å²) in [6, 6.07) is 7.29. The molecule has 1 heterocycles. The van der Waals surface area contributed by atoms with Gasteiger partial charge in [-0.1, -0.05) is 37.6 Å². The zero-order chi connectivity index (χ0) is 30.4. The van der Waals surface area contributed by atoms with Crippen molar-refractivity contribution in [3.8, 4) is 5.75 Å². The molecule has 218 valence electrons. The van der Waals surface area contributed by atoms with Gasteiger partial charge in [0, 0.05) is 22.4 Å². The minimum Gasteiger partial charge on any atom is -0.508 e. The van der Waals surface area contributed by atoms with Crippen LogP contribution >= 0.6 is 11.6 Å². The standard InChI is InChI=1S/C29H32ClN3O8/c1-14(2)25(27(37)32-21(28(38)39)11-17-5-7-18(30)8-6-17)33-24(36)13-31-23(35)12-20-15(3)19-9-10-22(34)16(4)26(19)41-29(20)40/h5-10,14,21,25,34H,11-13H2,1-4H3,(H,31,35)(H,32,37)(H,33,36)(H,38,39)/t21?,25-/m0/s1. The predicted molar refractivity (Wildman–Crippen MR) is 152 cm³/mol. The number of hydrogen-bond donors (Lipinski definition) is 5. The van der Waals surface area contributed by atoms with Crippen LogP contribution in [0, 0.1) is 19.8 Å². The summed E-state index contributed by atoms with van der Waals surface area (Å²) in [6.07, 6.45) is -0.341. The van der Waals surface area contributed by atoms with E-state index in [-0.39, 0.29) is 29.7 Å². The summed E-state index contributed by atoms with van der Waals surface area (Å²) in [4.78, 5) is 62.4. The van der Waals surface area contributed by atoms with E-state index in [0.29, 0.717) is 27.1 Å². The van der Waals surface area contributed by atoms with Gasteiger partial charge in [-0.25, -0.2) is 9.59 Å². The second-order valence-electron chi connectivity index (χ2n) is 10.1. The molecule has 1 aromatic heterocycles. The molecule has 3 amide bonds. The first-order valence-electron chi connectivity index (χ1n) is 12.9. The fraction of sp³-hybridized carbons (Fsp3) is 0.345. The van der Waals surface area contributed by atoms with Crippen LogP contribution in [0.4, 0.5) is 0 Å². The van der Waals surface area contributed by atoms with Crippen molar-refractivity contribution in [2.24, 2.45) is 5.92 Å². The SMILES string of the molecule is Cc1c(CC(=O)NCC(=O)N[C@H](C(=O)NC(Cc2ccc(Cl)cc2)C(=O)O)C(C)C)c(=O)oc2c(C)c(O)ccc12. The highest BCUT2D eigenvalue weighted by Gasteiger charge is 2.29. The van der Waals surface area contributed by atoms with Crippen LogP contribution in [0.3, 0.4) is 0 Å². The van der Waals surface area contributed by atoms with Crippen molar-refractivity contribution >= 4 is 46.3 Å². The van der Waals surface area contributed by atoms with Gasteiger partial charge in [0.05, 0.1) is 18.5 Å². The number of aromatic hydroxyl groups is 1. The zero-order valence-electron chi connectivity index (χ0n) is 23.0. The second-order valence-corrected chi connectivity index (χ2v) is 10.5. The van der Waals surface area contributed by atoms with E-state index < -0.39 is 53.9 Å². The van der Waals surface area contributed by atoms with Crippen LogP contribution in [0.2, 0.25) is 5.02 Å². The van der Waals surface area contributed by atoms with E-state index in [9.17, 15) is 34.2 Å². The topological polar surface area (TPSA) is 175 Å². The summed E-state index contributed by atoms with van der Waals surface area (Å²) >= 11 is 5.87. The minimum absolute atomic E-state index is 0.00989. The van der Waals surface area contributed by atoms with Crippen LogP contribution in [0.15, 0.2) is 45.6 Å². The summed E-state index contributed by atoms with van der Waals surface area (Å²) in [5.41, 5.74) is 1.18. The minimum atomic E-state index is -1.24. The Morgan fingerprint density at radius 1 is 0.951 bits per heavy atom. The predicted octanol–water partition coefficient (Wildman–Crippen LogP) is 2.38. The fourth-order valence-electron chi connectivity index (χ4n) is 4.26. The monoisotopic (exact) mass is 585 g/mol. The molecule has 0 aliphatic rings. The number of phenols is 1. The average molecular weight is 586 g/mol. The van der Waals surface area contributed by atoms with Crippen LogP contribution in [0.25, 0.3) is 11.0 Å². The molecule has 0 fully saturated rings. The number of carboxylic acids is 1. The van der Waals surface area contributed by atoms with Crippen LogP contribution in [-0.2, 0) is 32.0 Å². The first-order chi connectivity index (χ1) is 19.3. The van der Waals surface area contributed by atoms with E-state index in [1.807, 2.05) is 0 Å². The van der Waals surface area contributed by atoms with Gasteiger partial charge in [0.1, 0.15) is 23.4 Å². The molecule has 0 radical (unpaired) electrons. The van der Waals surface area contributed by atoms with Gasteiger partial charge in [-0.15, -0.1) is 0 Å². The van der Waals surface area contributed by atoms with Crippen molar-refractivity contribution < 1.29 is 33.8 Å². The maximum absolute atomic E-state index is 12.9. The zero-order valence-corrected chi connectivity index (χ0v) is 23.8. The Kier molecular flexibility index (Phi) is 10.1. The van der Waals surface area contributed by atoms with E-state index in [4.69, 9.17) is 16.0 Å². The smallest absolute Gasteiger partial charge is 0.340 e. The Balaban J connectivity index is 1.61. The van der Waals surface area contributed by atoms with Crippen molar-refractivity contribution in [3.05, 3.63) is 74.1 Å². The van der Waals surface area contributed by atoms with Crippen LogP contribution < -0.4 is 21.6 Å². The third-order valence-electron chi connectivity index (χ3n) is 6.69. The van der Waals surface area contributed by atoms with Crippen LogP contribution in [0.5, 0.6) is 5.75 Å². The average Bonchev–Trinajstić information content (AvgIpc) is 2.91. The lowest BCUT2D eigenvalue weighted by atomic mass is 10.0. The van der Waals surface area contributed by atoms with Gasteiger partial charge in [-0.2, -0.15) is 0 Å². The van der Waals surface area contributed by atoms with E-state index >= 15 is 0 Å². The Morgan fingerprint density at radius 2 is 1.61 bits per heavy atom. The second kappa shape index (κ2) is 13.3. The van der Waals surface area contributed by atoms with Crippen molar-refractivity contribution in [1.82, 2.24) is 16.0 Å². The highest BCUT2D eigenvalue weighted by atomic mass is 35.5. The number of carboxylic acid groups (broad SMARTS) is 1. The lowest BCUT2D eigenvalue weighted by molar-refractivity contribution is -0.142. The lowest BCUT2D eigenvalue weighted by Gasteiger charge is -2.24. The molecule has 0 saturated carbocycles. The van der Waals surface area contributed by atoms with Crippen LogP contribution in [-0.4, -0.2) is 52.5 Å². The van der Waals surface area contributed by atoms with Gasteiger partial charge in [0.15, 0.2) is 0 Å². The van der Waals surface area contributed by atoms with Gasteiger partial charge in [0.25, 0.3) is 0 Å². The molecule has 41 heavy (non-hydrogen) atoms. The molecule has 2 atom stereocenters. The molecular weight excluding hydrogens is 554 g/mol. The number of amides is 3. The molecule has 3 rings (SSSR count).